The number of carbonyl (C=O) groups excluding carboxylic acids is 3. The SMILES string of the molecule is CCOc1ccc(N2CC(C(=O)Nc3cc(C(=O)N4CCOCC4)cn(C)c3=O)CC2=O)cc1. The van der Waals surface area contributed by atoms with Crippen molar-refractivity contribution in [2.75, 3.05) is 49.7 Å². The fraction of sp³-hybridized carbons (Fsp3) is 0.417. The number of pyridine rings is 1. The molecule has 180 valence electrons. The summed E-state index contributed by atoms with van der Waals surface area (Å²) < 4.78 is 12.0. The zero-order valence-electron chi connectivity index (χ0n) is 19.3. The number of amides is 3. The average Bonchev–Trinajstić information content (AvgIpc) is 3.24. The number of hydrogen-bond acceptors (Lipinski definition) is 6. The van der Waals surface area contributed by atoms with Crippen LogP contribution in [-0.4, -0.2) is 66.6 Å². The van der Waals surface area contributed by atoms with Gasteiger partial charge in [-0.3, -0.25) is 19.2 Å². The van der Waals surface area contributed by atoms with Gasteiger partial charge in [-0.2, -0.15) is 0 Å². The molecular formula is C24H28N4O6. The van der Waals surface area contributed by atoms with Crippen molar-refractivity contribution in [1.82, 2.24) is 9.47 Å². The van der Waals surface area contributed by atoms with E-state index in [0.717, 1.165) is 0 Å². The lowest BCUT2D eigenvalue weighted by molar-refractivity contribution is -0.122. The molecule has 3 amide bonds. The third-order valence-electron chi connectivity index (χ3n) is 5.94. The molecule has 1 unspecified atom stereocenters. The van der Waals surface area contributed by atoms with Gasteiger partial charge in [0.05, 0.1) is 31.3 Å². The Bertz CT molecular complexity index is 1140. The molecule has 10 heteroatoms. The molecule has 3 heterocycles. The van der Waals surface area contributed by atoms with Gasteiger partial charge < -0.3 is 29.2 Å². The van der Waals surface area contributed by atoms with Crippen LogP contribution in [0.25, 0.3) is 0 Å². The van der Waals surface area contributed by atoms with Crippen molar-refractivity contribution in [1.29, 1.82) is 0 Å². The highest BCUT2D eigenvalue weighted by Crippen LogP contribution is 2.27. The fourth-order valence-corrected chi connectivity index (χ4v) is 4.12. The predicted molar refractivity (Wildman–Crippen MR) is 125 cm³/mol. The van der Waals surface area contributed by atoms with Crippen LogP contribution in [0.2, 0.25) is 0 Å². The minimum Gasteiger partial charge on any atom is -0.494 e. The molecule has 0 saturated carbocycles. The second-order valence-corrected chi connectivity index (χ2v) is 8.28. The number of aromatic nitrogens is 1. The van der Waals surface area contributed by atoms with E-state index in [2.05, 4.69) is 5.32 Å². The molecule has 2 aromatic rings. The second kappa shape index (κ2) is 10.1. The summed E-state index contributed by atoms with van der Waals surface area (Å²) in [6.45, 7) is 4.49. The van der Waals surface area contributed by atoms with E-state index in [0.29, 0.717) is 49.9 Å². The van der Waals surface area contributed by atoms with Crippen molar-refractivity contribution < 1.29 is 23.9 Å². The first kappa shape index (κ1) is 23.5. The van der Waals surface area contributed by atoms with Gasteiger partial charge in [-0.15, -0.1) is 0 Å². The molecule has 1 aromatic carbocycles. The van der Waals surface area contributed by atoms with E-state index < -0.39 is 17.4 Å². The van der Waals surface area contributed by atoms with E-state index in [9.17, 15) is 19.2 Å². The van der Waals surface area contributed by atoms with Crippen LogP contribution in [0.4, 0.5) is 11.4 Å². The zero-order valence-corrected chi connectivity index (χ0v) is 19.3. The Kier molecular flexibility index (Phi) is 6.97. The number of nitrogens with zero attached hydrogens (tertiary/aromatic N) is 3. The first-order chi connectivity index (χ1) is 16.4. The lowest BCUT2D eigenvalue weighted by Crippen LogP contribution is -2.41. The van der Waals surface area contributed by atoms with Crippen LogP contribution >= 0.6 is 0 Å². The number of benzene rings is 1. The molecule has 10 nitrogen and oxygen atoms in total. The number of rotatable bonds is 6. The third-order valence-corrected chi connectivity index (χ3v) is 5.94. The number of ether oxygens (including phenoxy) is 2. The van der Waals surface area contributed by atoms with Gasteiger partial charge in [-0.25, -0.2) is 0 Å². The molecule has 0 bridgehead atoms. The van der Waals surface area contributed by atoms with Gasteiger partial charge in [0, 0.05) is 45.0 Å². The van der Waals surface area contributed by atoms with Gasteiger partial charge in [0.15, 0.2) is 0 Å². The lowest BCUT2D eigenvalue weighted by Gasteiger charge is -2.27. The van der Waals surface area contributed by atoms with E-state index in [1.807, 2.05) is 6.92 Å². The molecule has 0 radical (unpaired) electrons. The molecule has 1 N–H and O–H groups in total. The van der Waals surface area contributed by atoms with Crippen molar-refractivity contribution >= 4 is 29.1 Å². The summed E-state index contributed by atoms with van der Waals surface area (Å²) in [6, 6.07) is 8.51. The maximum absolute atomic E-state index is 13.0. The molecule has 1 atom stereocenters. The van der Waals surface area contributed by atoms with Crippen LogP contribution < -0.4 is 20.5 Å². The lowest BCUT2D eigenvalue weighted by atomic mass is 10.1. The molecule has 0 spiro atoms. The van der Waals surface area contributed by atoms with Crippen LogP contribution in [0.1, 0.15) is 23.7 Å². The van der Waals surface area contributed by atoms with Crippen molar-refractivity contribution in [3.05, 3.63) is 52.4 Å². The van der Waals surface area contributed by atoms with Crippen molar-refractivity contribution in [3.63, 3.8) is 0 Å². The van der Waals surface area contributed by atoms with E-state index in [1.165, 1.54) is 23.9 Å². The highest BCUT2D eigenvalue weighted by molar-refractivity contribution is 6.04. The second-order valence-electron chi connectivity index (χ2n) is 8.28. The minimum atomic E-state index is -0.623. The van der Waals surface area contributed by atoms with E-state index >= 15 is 0 Å². The van der Waals surface area contributed by atoms with Crippen LogP contribution in [0.15, 0.2) is 41.3 Å². The summed E-state index contributed by atoms with van der Waals surface area (Å²) >= 11 is 0. The first-order valence-corrected chi connectivity index (χ1v) is 11.3. The Labute approximate surface area is 197 Å². The van der Waals surface area contributed by atoms with Gasteiger partial charge in [0.2, 0.25) is 11.8 Å². The Balaban J connectivity index is 1.47. The highest BCUT2D eigenvalue weighted by atomic mass is 16.5. The quantitative estimate of drug-likeness (QED) is 0.683. The predicted octanol–water partition coefficient (Wildman–Crippen LogP) is 1.25. The Hall–Kier alpha value is -3.66. The molecule has 2 fully saturated rings. The molecule has 0 aliphatic carbocycles. The van der Waals surface area contributed by atoms with Crippen LogP contribution in [-0.2, 0) is 21.4 Å². The monoisotopic (exact) mass is 468 g/mol. The first-order valence-electron chi connectivity index (χ1n) is 11.3. The highest BCUT2D eigenvalue weighted by Gasteiger charge is 2.35. The summed E-state index contributed by atoms with van der Waals surface area (Å²) in [4.78, 5) is 54.2. The Morgan fingerprint density at radius 3 is 2.53 bits per heavy atom. The molecular weight excluding hydrogens is 440 g/mol. The summed E-state index contributed by atoms with van der Waals surface area (Å²) in [5.41, 5.74) is 0.564. The van der Waals surface area contributed by atoms with Gasteiger partial charge in [-0.05, 0) is 37.3 Å². The standard InChI is InChI=1S/C24H28N4O6/c1-3-34-19-6-4-18(5-7-19)28-15-16(13-21(28)29)22(30)25-20-12-17(14-26(2)24(20)32)23(31)27-8-10-33-11-9-27/h4-7,12,14,16H,3,8-11,13,15H2,1-2H3,(H,25,30). The number of aryl methyl sites for hydroxylation is 1. The van der Waals surface area contributed by atoms with Gasteiger partial charge in [0.1, 0.15) is 11.4 Å². The van der Waals surface area contributed by atoms with Crippen LogP contribution in [0, 0.1) is 5.92 Å². The number of carbonyl (C=O) groups is 3. The Morgan fingerprint density at radius 1 is 1.15 bits per heavy atom. The largest absolute Gasteiger partial charge is 0.494 e. The number of anilines is 2. The average molecular weight is 469 g/mol. The van der Waals surface area contributed by atoms with Crippen molar-refractivity contribution in [3.8, 4) is 5.75 Å². The summed E-state index contributed by atoms with van der Waals surface area (Å²) in [5.74, 6) is -0.757. The maximum atomic E-state index is 13.0. The Morgan fingerprint density at radius 2 is 1.85 bits per heavy atom. The van der Waals surface area contributed by atoms with E-state index in [1.54, 1.807) is 34.1 Å². The fourth-order valence-electron chi connectivity index (χ4n) is 4.12. The maximum Gasteiger partial charge on any atom is 0.274 e. The van der Waals surface area contributed by atoms with Crippen LogP contribution in [0.3, 0.4) is 0 Å². The van der Waals surface area contributed by atoms with Crippen LogP contribution in [0.5, 0.6) is 5.75 Å². The summed E-state index contributed by atoms with van der Waals surface area (Å²) in [6.07, 6.45) is 1.49. The number of hydrogen-bond donors (Lipinski definition) is 1. The smallest absolute Gasteiger partial charge is 0.274 e. The molecule has 2 saturated heterocycles. The van der Waals surface area contributed by atoms with Gasteiger partial charge in [0.25, 0.3) is 11.5 Å². The van der Waals surface area contributed by atoms with E-state index in [4.69, 9.17) is 9.47 Å². The molecule has 4 rings (SSSR count). The molecule has 1 aromatic heterocycles. The molecule has 2 aliphatic rings. The van der Waals surface area contributed by atoms with E-state index in [-0.39, 0.29) is 30.5 Å². The number of morpholine rings is 1. The summed E-state index contributed by atoms with van der Waals surface area (Å²) in [5, 5.41) is 2.64. The normalized spacial score (nSPS) is 18.2. The molecule has 2 aliphatic heterocycles. The molecule has 34 heavy (non-hydrogen) atoms. The van der Waals surface area contributed by atoms with Gasteiger partial charge >= 0.3 is 0 Å². The minimum absolute atomic E-state index is 0.0126. The summed E-state index contributed by atoms with van der Waals surface area (Å²) in [7, 11) is 1.53. The topological polar surface area (TPSA) is 110 Å². The van der Waals surface area contributed by atoms with Crippen molar-refractivity contribution in [2.45, 2.75) is 13.3 Å². The number of nitrogens with one attached hydrogen (secondary N) is 1. The van der Waals surface area contributed by atoms with Crippen molar-refractivity contribution in [2.24, 2.45) is 13.0 Å². The van der Waals surface area contributed by atoms with Gasteiger partial charge in [-0.1, -0.05) is 0 Å². The third kappa shape index (κ3) is 4.96. The zero-order chi connectivity index (χ0) is 24.2.